The van der Waals surface area contributed by atoms with Crippen LogP contribution in [-0.4, -0.2) is 28.1 Å². The molecule has 0 unspecified atom stereocenters. The molecule has 0 aliphatic heterocycles. The first-order chi connectivity index (χ1) is 15.0. The SMILES string of the molecule is COc1cccc(NC(=O)c2sc(-c3ccccc3)nc2-c2ccc([N+](=O)O)cc2)c1. The molecule has 1 heterocycles. The summed E-state index contributed by atoms with van der Waals surface area (Å²) in [5, 5.41) is 12.7. The summed E-state index contributed by atoms with van der Waals surface area (Å²) in [4.78, 5) is 29.2. The van der Waals surface area contributed by atoms with Crippen molar-refractivity contribution in [1.29, 1.82) is 0 Å². The van der Waals surface area contributed by atoms with E-state index >= 15 is 0 Å². The lowest BCUT2D eigenvalue weighted by Crippen LogP contribution is -2.11. The van der Waals surface area contributed by atoms with Crippen LogP contribution in [0.15, 0.2) is 78.9 Å². The molecule has 0 bridgehead atoms. The Morgan fingerprint density at radius 3 is 2.42 bits per heavy atom. The predicted octanol–water partition coefficient (Wildman–Crippen LogP) is 5.54. The standard InChI is InChI=1S/C23H17N3O4S/c1-30-19-9-5-8-17(14-19)24-22(27)21-20(15-10-12-18(13-11-15)26(28)29)25-23(31-21)16-6-3-2-4-7-16/h2-14H,1H3,(H-,24,27,28,29)/p+1. The summed E-state index contributed by atoms with van der Waals surface area (Å²) in [6.45, 7) is 0. The van der Waals surface area contributed by atoms with Crippen molar-refractivity contribution >= 4 is 28.6 Å². The largest absolute Gasteiger partial charge is 0.497 e. The van der Waals surface area contributed by atoms with E-state index in [1.54, 1.807) is 43.5 Å². The van der Waals surface area contributed by atoms with Crippen LogP contribution in [0.4, 0.5) is 11.4 Å². The predicted molar refractivity (Wildman–Crippen MR) is 119 cm³/mol. The van der Waals surface area contributed by atoms with Crippen LogP contribution < -0.4 is 10.1 Å². The van der Waals surface area contributed by atoms with E-state index in [1.165, 1.54) is 23.5 Å². The molecule has 154 valence electrons. The van der Waals surface area contributed by atoms with Gasteiger partial charge in [-0.1, -0.05) is 36.4 Å². The number of anilines is 1. The molecule has 0 saturated heterocycles. The Kier molecular flexibility index (Phi) is 5.72. The summed E-state index contributed by atoms with van der Waals surface area (Å²) in [5.41, 5.74) is 2.73. The van der Waals surface area contributed by atoms with Gasteiger partial charge in [0.05, 0.1) is 17.7 Å². The lowest BCUT2D eigenvalue weighted by atomic mass is 10.1. The number of nitrogens with zero attached hydrogens (tertiary/aromatic N) is 2. The Morgan fingerprint density at radius 1 is 1.00 bits per heavy atom. The van der Waals surface area contributed by atoms with Crippen LogP contribution in [-0.2, 0) is 0 Å². The zero-order valence-corrected chi connectivity index (χ0v) is 17.3. The van der Waals surface area contributed by atoms with Crippen LogP contribution in [0, 0.1) is 4.91 Å². The van der Waals surface area contributed by atoms with Crippen LogP contribution in [0.1, 0.15) is 9.67 Å². The summed E-state index contributed by atoms with van der Waals surface area (Å²) < 4.78 is 5.22. The lowest BCUT2D eigenvalue weighted by molar-refractivity contribution is -0.729. The fourth-order valence-corrected chi connectivity index (χ4v) is 4.00. The van der Waals surface area contributed by atoms with Crippen LogP contribution >= 0.6 is 11.3 Å². The zero-order chi connectivity index (χ0) is 21.8. The number of thiazole rings is 1. The van der Waals surface area contributed by atoms with E-state index in [2.05, 4.69) is 5.32 Å². The Labute approximate surface area is 182 Å². The van der Waals surface area contributed by atoms with E-state index in [9.17, 15) is 9.70 Å². The average Bonchev–Trinajstić information content (AvgIpc) is 3.25. The van der Waals surface area contributed by atoms with Crippen LogP contribution in [0.3, 0.4) is 0 Å². The van der Waals surface area contributed by atoms with Gasteiger partial charge in [-0.05, 0) is 24.3 Å². The number of amides is 1. The molecule has 0 aliphatic rings. The minimum absolute atomic E-state index is 0.0876. The number of methoxy groups -OCH3 is 1. The number of carbonyl (C=O) groups excluding carboxylic acids is 1. The van der Waals surface area contributed by atoms with Crippen molar-refractivity contribution in [3.05, 3.63) is 88.6 Å². The second kappa shape index (κ2) is 8.76. The van der Waals surface area contributed by atoms with Gasteiger partial charge in [0.2, 0.25) is 0 Å². The number of hydrogen-bond acceptors (Lipinski definition) is 5. The molecular weight excluding hydrogens is 414 g/mol. The van der Waals surface area contributed by atoms with Crippen molar-refractivity contribution in [3.63, 3.8) is 0 Å². The molecule has 8 heteroatoms. The molecule has 4 aromatic rings. The number of ether oxygens (including phenoxy) is 1. The second-order valence-electron chi connectivity index (χ2n) is 6.57. The Morgan fingerprint density at radius 2 is 1.74 bits per heavy atom. The van der Waals surface area contributed by atoms with Crippen molar-refractivity contribution in [2.45, 2.75) is 0 Å². The van der Waals surface area contributed by atoms with Crippen molar-refractivity contribution < 1.29 is 19.7 Å². The normalized spacial score (nSPS) is 10.5. The molecule has 0 fully saturated rings. The highest BCUT2D eigenvalue weighted by Gasteiger charge is 2.22. The fraction of sp³-hybridized carbons (Fsp3) is 0.0435. The fourth-order valence-electron chi connectivity index (χ4n) is 3.01. The van der Waals surface area contributed by atoms with Gasteiger partial charge < -0.3 is 10.1 Å². The first-order valence-corrected chi connectivity index (χ1v) is 10.1. The monoisotopic (exact) mass is 432 g/mol. The van der Waals surface area contributed by atoms with Crippen LogP contribution in [0.25, 0.3) is 21.8 Å². The van der Waals surface area contributed by atoms with Gasteiger partial charge in [-0.25, -0.2) is 10.2 Å². The van der Waals surface area contributed by atoms with Crippen LogP contribution in [0.5, 0.6) is 5.75 Å². The van der Waals surface area contributed by atoms with E-state index in [0.717, 1.165) is 5.56 Å². The molecule has 31 heavy (non-hydrogen) atoms. The van der Waals surface area contributed by atoms with E-state index in [-0.39, 0.29) is 16.5 Å². The smallest absolute Gasteiger partial charge is 0.316 e. The minimum Gasteiger partial charge on any atom is -0.497 e. The van der Waals surface area contributed by atoms with Crippen molar-refractivity contribution in [3.8, 4) is 27.6 Å². The minimum atomic E-state index is -0.306. The molecule has 3 aromatic carbocycles. The van der Waals surface area contributed by atoms with Crippen LogP contribution in [0.2, 0.25) is 0 Å². The number of carbonyl (C=O) groups is 1. The van der Waals surface area contributed by atoms with Crippen molar-refractivity contribution in [2.24, 2.45) is 0 Å². The number of aromatic nitrogens is 1. The molecule has 0 aliphatic carbocycles. The van der Waals surface area contributed by atoms with Gasteiger partial charge in [-0.2, -0.15) is 0 Å². The highest BCUT2D eigenvalue weighted by Crippen LogP contribution is 2.35. The maximum absolute atomic E-state index is 13.1. The molecule has 0 saturated carbocycles. The zero-order valence-electron chi connectivity index (χ0n) is 16.5. The van der Waals surface area contributed by atoms with E-state index in [4.69, 9.17) is 14.9 Å². The van der Waals surface area contributed by atoms with Gasteiger partial charge >= 0.3 is 5.69 Å². The third-order valence-electron chi connectivity index (χ3n) is 4.54. The molecule has 4 rings (SSSR count). The molecule has 0 radical (unpaired) electrons. The maximum Gasteiger partial charge on any atom is 0.316 e. The highest BCUT2D eigenvalue weighted by atomic mass is 32.1. The Hall–Kier alpha value is -4.04. The molecule has 2 N–H and O–H groups in total. The molecule has 7 nitrogen and oxygen atoms in total. The molecule has 0 atom stereocenters. The quantitative estimate of drug-likeness (QED) is 0.391. The maximum atomic E-state index is 13.1. The van der Waals surface area contributed by atoms with Crippen molar-refractivity contribution in [1.82, 2.24) is 4.98 Å². The summed E-state index contributed by atoms with van der Waals surface area (Å²) in [6, 6.07) is 22.9. The van der Waals surface area contributed by atoms with Gasteiger partial charge in [-0.3, -0.25) is 4.79 Å². The molecule has 1 amide bonds. The highest BCUT2D eigenvalue weighted by molar-refractivity contribution is 7.17. The van der Waals surface area contributed by atoms with Gasteiger partial charge in [0.25, 0.3) is 10.8 Å². The number of nitrogens with one attached hydrogen (secondary N) is 1. The van der Waals surface area contributed by atoms with Gasteiger partial charge in [-0.15, -0.1) is 11.3 Å². The average molecular weight is 432 g/mol. The second-order valence-corrected chi connectivity index (χ2v) is 7.57. The first-order valence-electron chi connectivity index (χ1n) is 9.33. The molecule has 1 aromatic heterocycles. The van der Waals surface area contributed by atoms with E-state index in [0.29, 0.717) is 32.6 Å². The summed E-state index contributed by atoms with van der Waals surface area (Å²) >= 11 is 1.28. The summed E-state index contributed by atoms with van der Waals surface area (Å²) in [6.07, 6.45) is 0. The van der Waals surface area contributed by atoms with Gasteiger partial charge in [0, 0.05) is 35.0 Å². The third kappa shape index (κ3) is 4.44. The molecular formula is C23H18N3O4S+. The van der Waals surface area contributed by atoms with Gasteiger partial charge in [0.15, 0.2) is 0 Å². The van der Waals surface area contributed by atoms with Crippen molar-refractivity contribution in [2.75, 3.05) is 12.4 Å². The Bertz CT molecular complexity index is 1240. The Balaban J connectivity index is 1.74. The topological polar surface area (TPSA) is 91.5 Å². The number of hydrogen-bond donors (Lipinski definition) is 2. The first kappa shape index (κ1) is 20.2. The number of rotatable bonds is 6. The van der Waals surface area contributed by atoms with E-state index in [1.807, 2.05) is 30.3 Å². The summed E-state index contributed by atoms with van der Waals surface area (Å²) in [5.74, 6) is 0.327. The third-order valence-corrected chi connectivity index (χ3v) is 5.65. The van der Waals surface area contributed by atoms with Gasteiger partial charge in [0.1, 0.15) is 15.6 Å². The number of benzene rings is 3. The summed E-state index contributed by atoms with van der Waals surface area (Å²) in [7, 11) is 1.56. The van der Waals surface area contributed by atoms with E-state index < -0.39 is 0 Å². The molecule has 0 spiro atoms. The lowest BCUT2D eigenvalue weighted by Gasteiger charge is -2.07.